The van der Waals surface area contributed by atoms with E-state index in [9.17, 15) is 4.79 Å². The van der Waals surface area contributed by atoms with Crippen LogP contribution in [0.4, 0.5) is 0 Å². The molecule has 0 aliphatic carbocycles. The molecule has 1 aromatic heterocycles. The number of thiophene rings is 1. The van der Waals surface area contributed by atoms with Crippen molar-refractivity contribution in [3.8, 4) is 11.5 Å². The van der Waals surface area contributed by atoms with E-state index in [4.69, 9.17) is 9.47 Å². The van der Waals surface area contributed by atoms with E-state index in [-0.39, 0.29) is 5.78 Å². The third-order valence-corrected chi connectivity index (χ3v) is 4.12. The number of ether oxygens (including phenoxy) is 2. The predicted octanol–water partition coefficient (Wildman–Crippen LogP) is 3.31. The molecule has 0 radical (unpaired) electrons. The summed E-state index contributed by atoms with van der Waals surface area (Å²) < 4.78 is 10.8. The zero-order chi connectivity index (χ0) is 13.2. The second-order valence-electron chi connectivity index (χ2n) is 4.42. The summed E-state index contributed by atoms with van der Waals surface area (Å²) in [6.45, 7) is 0.763. The number of rotatable bonds is 3. The Morgan fingerprint density at radius 2 is 2.26 bits per heavy atom. The molecule has 0 amide bonds. The molecule has 98 valence electrons. The minimum absolute atomic E-state index is 0.0141. The van der Waals surface area contributed by atoms with Crippen molar-refractivity contribution in [1.29, 1.82) is 0 Å². The lowest BCUT2D eigenvalue weighted by molar-refractivity contribution is 0.103. The molecule has 0 bridgehead atoms. The van der Waals surface area contributed by atoms with Crippen molar-refractivity contribution >= 4 is 17.1 Å². The first-order valence-electron chi connectivity index (χ1n) is 6.21. The number of carbonyl (C=O) groups excluding carboxylic acids is 1. The van der Waals surface area contributed by atoms with Crippen LogP contribution in [0.5, 0.6) is 11.5 Å². The number of hydrogen-bond donors (Lipinski definition) is 0. The van der Waals surface area contributed by atoms with Crippen LogP contribution in [-0.2, 0) is 6.42 Å². The van der Waals surface area contributed by atoms with Gasteiger partial charge in [0.1, 0.15) is 16.4 Å². The van der Waals surface area contributed by atoms with Crippen LogP contribution < -0.4 is 9.47 Å². The van der Waals surface area contributed by atoms with Gasteiger partial charge in [-0.25, -0.2) is 0 Å². The van der Waals surface area contributed by atoms with Crippen LogP contribution in [-0.4, -0.2) is 19.5 Å². The molecular formula is C15H14O3S. The second-order valence-corrected chi connectivity index (χ2v) is 5.34. The van der Waals surface area contributed by atoms with Gasteiger partial charge in [0, 0.05) is 5.56 Å². The monoisotopic (exact) mass is 274 g/mol. The van der Waals surface area contributed by atoms with Crippen molar-refractivity contribution < 1.29 is 14.3 Å². The molecule has 0 unspecified atom stereocenters. The van der Waals surface area contributed by atoms with Crippen LogP contribution in [0, 0.1) is 0 Å². The minimum Gasteiger partial charge on any atom is -0.495 e. The summed E-state index contributed by atoms with van der Waals surface area (Å²) in [5, 5.41) is 1.87. The molecule has 3 rings (SSSR count). The molecule has 2 aromatic rings. The fourth-order valence-electron chi connectivity index (χ4n) is 2.26. The van der Waals surface area contributed by atoms with Gasteiger partial charge in [0.25, 0.3) is 0 Å². The van der Waals surface area contributed by atoms with Crippen molar-refractivity contribution in [2.45, 2.75) is 12.8 Å². The Bertz CT molecular complexity index is 616. The van der Waals surface area contributed by atoms with Gasteiger partial charge in [0.05, 0.1) is 13.7 Å². The largest absolute Gasteiger partial charge is 0.495 e. The lowest BCUT2D eigenvalue weighted by Gasteiger charge is -2.17. The topological polar surface area (TPSA) is 35.5 Å². The summed E-state index contributed by atoms with van der Waals surface area (Å²) in [5.74, 6) is 1.56. The first-order valence-corrected chi connectivity index (χ1v) is 7.09. The summed E-state index contributed by atoms with van der Waals surface area (Å²) in [4.78, 5) is 13.1. The zero-order valence-corrected chi connectivity index (χ0v) is 11.5. The Hall–Kier alpha value is -1.81. The van der Waals surface area contributed by atoms with E-state index in [1.54, 1.807) is 7.11 Å². The molecule has 0 saturated carbocycles. The maximum absolute atomic E-state index is 12.5. The molecule has 0 atom stereocenters. The quantitative estimate of drug-likeness (QED) is 0.805. The van der Waals surface area contributed by atoms with Crippen LogP contribution in [0.3, 0.4) is 0 Å². The van der Waals surface area contributed by atoms with E-state index in [1.165, 1.54) is 11.3 Å². The highest BCUT2D eigenvalue weighted by atomic mass is 32.1. The average molecular weight is 274 g/mol. The first kappa shape index (κ1) is 12.2. The van der Waals surface area contributed by atoms with E-state index < -0.39 is 0 Å². The first-order chi connectivity index (χ1) is 9.29. The fourth-order valence-corrected chi connectivity index (χ4v) is 3.08. The summed E-state index contributed by atoms with van der Waals surface area (Å²) in [6.07, 6.45) is 1.98. The van der Waals surface area contributed by atoms with E-state index in [1.807, 2.05) is 29.6 Å². The predicted molar refractivity (Wildman–Crippen MR) is 74.6 cm³/mol. The fraction of sp³-hybridized carbons (Fsp3) is 0.267. The van der Waals surface area contributed by atoms with Gasteiger partial charge in [-0.1, -0.05) is 0 Å². The zero-order valence-electron chi connectivity index (χ0n) is 10.6. The highest BCUT2D eigenvalue weighted by Gasteiger charge is 2.18. The minimum atomic E-state index is 0.0141. The van der Waals surface area contributed by atoms with E-state index in [0.29, 0.717) is 16.2 Å². The van der Waals surface area contributed by atoms with Gasteiger partial charge in [-0.15, -0.1) is 11.3 Å². The Kier molecular flexibility index (Phi) is 3.25. The number of aryl methyl sites for hydroxylation is 1. The molecular weight excluding hydrogens is 260 g/mol. The Labute approximate surface area is 115 Å². The van der Waals surface area contributed by atoms with Crippen molar-refractivity contribution in [2.24, 2.45) is 0 Å². The van der Waals surface area contributed by atoms with Gasteiger partial charge in [-0.3, -0.25) is 4.79 Å². The maximum atomic E-state index is 12.5. The Balaban J connectivity index is 1.96. The standard InChI is InChI=1S/C15H14O3S/c1-17-13-6-8-19-15(13)14(16)11-4-5-12-10(9-11)3-2-7-18-12/h4-6,8-9H,2-3,7H2,1H3. The third-order valence-electron chi connectivity index (χ3n) is 3.23. The number of hydrogen-bond acceptors (Lipinski definition) is 4. The van der Waals surface area contributed by atoms with Crippen molar-refractivity contribution in [1.82, 2.24) is 0 Å². The van der Waals surface area contributed by atoms with Crippen molar-refractivity contribution in [2.75, 3.05) is 13.7 Å². The average Bonchev–Trinajstić information content (AvgIpc) is 2.94. The molecule has 1 aliphatic rings. The van der Waals surface area contributed by atoms with Gasteiger partial charge in [0.15, 0.2) is 0 Å². The molecule has 1 aliphatic heterocycles. The van der Waals surface area contributed by atoms with Gasteiger partial charge in [0.2, 0.25) is 5.78 Å². The number of fused-ring (bicyclic) bond motifs is 1. The summed E-state index contributed by atoms with van der Waals surface area (Å²) in [6, 6.07) is 7.48. The lowest BCUT2D eigenvalue weighted by atomic mass is 10.0. The highest BCUT2D eigenvalue weighted by molar-refractivity contribution is 7.12. The Morgan fingerprint density at radius 3 is 3.11 bits per heavy atom. The van der Waals surface area contributed by atoms with Gasteiger partial charge < -0.3 is 9.47 Å². The van der Waals surface area contributed by atoms with E-state index >= 15 is 0 Å². The van der Waals surface area contributed by atoms with Crippen LogP contribution in [0.15, 0.2) is 29.6 Å². The van der Waals surface area contributed by atoms with Crippen LogP contribution >= 0.6 is 11.3 Å². The molecule has 0 N–H and O–H groups in total. The molecule has 0 fully saturated rings. The number of ketones is 1. The summed E-state index contributed by atoms with van der Waals surface area (Å²) >= 11 is 1.41. The smallest absolute Gasteiger partial charge is 0.206 e. The molecule has 4 heteroatoms. The number of methoxy groups -OCH3 is 1. The molecule has 1 aromatic carbocycles. The van der Waals surface area contributed by atoms with Gasteiger partial charge in [-0.2, -0.15) is 0 Å². The van der Waals surface area contributed by atoms with Crippen LogP contribution in [0.1, 0.15) is 27.2 Å². The Morgan fingerprint density at radius 1 is 1.37 bits per heavy atom. The number of carbonyl (C=O) groups is 1. The molecule has 19 heavy (non-hydrogen) atoms. The number of benzene rings is 1. The molecule has 2 heterocycles. The van der Waals surface area contributed by atoms with E-state index in [2.05, 4.69) is 0 Å². The lowest BCUT2D eigenvalue weighted by Crippen LogP contribution is -2.10. The molecule has 3 nitrogen and oxygen atoms in total. The van der Waals surface area contributed by atoms with Gasteiger partial charge >= 0.3 is 0 Å². The van der Waals surface area contributed by atoms with Crippen molar-refractivity contribution in [3.63, 3.8) is 0 Å². The van der Waals surface area contributed by atoms with E-state index in [0.717, 1.165) is 30.8 Å². The summed E-state index contributed by atoms with van der Waals surface area (Å²) in [5.41, 5.74) is 1.82. The maximum Gasteiger partial charge on any atom is 0.206 e. The van der Waals surface area contributed by atoms with Crippen LogP contribution in [0.2, 0.25) is 0 Å². The molecule has 0 spiro atoms. The van der Waals surface area contributed by atoms with Crippen LogP contribution in [0.25, 0.3) is 0 Å². The third kappa shape index (κ3) is 2.24. The highest BCUT2D eigenvalue weighted by Crippen LogP contribution is 2.30. The van der Waals surface area contributed by atoms with Gasteiger partial charge in [-0.05, 0) is 48.1 Å². The SMILES string of the molecule is COc1ccsc1C(=O)c1ccc2c(c1)CCCO2. The summed E-state index contributed by atoms with van der Waals surface area (Å²) in [7, 11) is 1.58. The molecule has 0 saturated heterocycles. The normalized spacial score (nSPS) is 13.5. The van der Waals surface area contributed by atoms with Crippen molar-refractivity contribution in [3.05, 3.63) is 45.6 Å². The second kappa shape index (κ2) is 5.05.